The number of aliphatic carboxylic acids is 1. The van der Waals surface area contributed by atoms with Crippen molar-refractivity contribution in [2.45, 2.75) is 25.4 Å². The summed E-state index contributed by atoms with van der Waals surface area (Å²) in [6.45, 7) is 0.558. The molecule has 0 bridgehead atoms. The molecule has 0 aliphatic carbocycles. The number of hydrogen-bond acceptors (Lipinski definition) is 4. The van der Waals surface area contributed by atoms with E-state index in [0.717, 1.165) is 11.1 Å². The highest BCUT2D eigenvalue weighted by atomic mass is 16.6. The molecule has 0 amide bonds. The van der Waals surface area contributed by atoms with Crippen molar-refractivity contribution in [1.29, 1.82) is 0 Å². The van der Waals surface area contributed by atoms with Crippen molar-refractivity contribution in [1.82, 2.24) is 0 Å². The highest BCUT2D eigenvalue weighted by Crippen LogP contribution is 2.11. The van der Waals surface area contributed by atoms with Crippen LogP contribution < -0.4 is 5.73 Å². The SMILES string of the molecule is NCC(OCc1ccccc1)C(OCc1ccccc1)C(=O)O. The average molecular weight is 315 g/mol. The minimum Gasteiger partial charge on any atom is -0.479 e. The minimum absolute atomic E-state index is 0.0680. The fraction of sp³-hybridized carbons (Fsp3) is 0.278. The lowest BCUT2D eigenvalue weighted by Gasteiger charge is -2.23. The van der Waals surface area contributed by atoms with Crippen molar-refractivity contribution in [3.05, 3.63) is 71.8 Å². The Labute approximate surface area is 135 Å². The van der Waals surface area contributed by atoms with Crippen molar-refractivity contribution >= 4 is 5.97 Å². The Morgan fingerprint density at radius 3 is 1.83 bits per heavy atom. The van der Waals surface area contributed by atoms with E-state index in [-0.39, 0.29) is 13.2 Å². The summed E-state index contributed by atoms with van der Waals surface area (Å²) in [5.74, 6) is -1.08. The number of ether oxygens (including phenoxy) is 2. The van der Waals surface area contributed by atoms with Gasteiger partial charge < -0.3 is 20.3 Å². The van der Waals surface area contributed by atoms with E-state index < -0.39 is 18.2 Å². The van der Waals surface area contributed by atoms with Gasteiger partial charge in [-0.2, -0.15) is 0 Å². The molecule has 0 aliphatic rings. The lowest BCUT2D eigenvalue weighted by atomic mass is 10.2. The first kappa shape index (κ1) is 17.1. The molecular weight excluding hydrogens is 294 g/mol. The Morgan fingerprint density at radius 1 is 0.913 bits per heavy atom. The van der Waals surface area contributed by atoms with Crippen LogP contribution in [0.2, 0.25) is 0 Å². The number of rotatable bonds is 9. The fourth-order valence-electron chi connectivity index (χ4n) is 2.15. The Morgan fingerprint density at radius 2 is 1.39 bits per heavy atom. The molecule has 0 spiro atoms. The van der Waals surface area contributed by atoms with Crippen molar-refractivity contribution in [3.63, 3.8) is 0 Å². The molecule has 0 aliphatic heterocycles. The van der Waals surface area contributed by atoms with E-state index in [1.807, 2.05) is 60.7 Å². The van der Waals surface area contributed by atoms with E-state index in [9.17, 15) is 9.90 Å². The first-order valence-corrected chi connectivity index (χ1v) is 7.44. The molecule has 5 nitrogen and oxygen atoms in total. The van der Waals surface area contributed by atoms with Crippen LogP contribution in [0.25, 0.3) is 0 Å². The second-order valence-electron chi connectivity index (χ2n) is 5.13. The highest BCUT2D eigenvalue weighted by Gasteiger charge is 2.29. The molecule has 5 heteroatoms. The smallest absolute Gasteiger partial charge is 0.335 e. The van der Waals surface area contributed by atoms with Crippen LogP contribution in [-0.4, -0.2) is 29.8 Å². The Hall–Kier alpha value is -2.21. The van der Waals surface area contributed by atoms with Crippen LogP contribution in [0.5, 0.6) is 0 Å². The number of benzene rings is 2. The summed E-state index contributed by atoms with van der Waals surface area (Å²) < 4.78 is 11.2. The zero-order valence-electron chi connectivity index (χ0n) is 12.8. The van der Waals surface area contributed by atoms with Crippen LogP contribution in [0.3, 0.4) is 0 Å². The molecule has 2 rings (SSSR count). The molecule has 0 radical (unpaired) electrons. The molecule has 0 aromatic heterocycles. The highest BCUT2D eigenvalue weighted by molar-refractivity contribution is 5.73. The lowest BCUT2D eigenvalue weighted by Crippen LogP contribution is -2.43. The molecular formula is C18H21NO4. The van der Waals surface area contributed by atoms with Crippen molar-refractivity contribution in [3.8, 4) is 0 Å². The zero-order valence-corrected chi connectivity index (χ0v) is 12.8. The molecule has 23 heavy (non-hydrogen) atoms. The summed E-state index contributed by atoms with van der Waals surface area (Å²) in [6.07, 6.45) is -1.82. The quantitative estimate of drug-likeness (QED) is 0.741. The third-order valence-electron chi connectivity index (χ3n) is 3.39. The van der Waals surface area contributed by atoms with Crippen LogP contribution in [0.15, 0.2) is 60.7 Å². The van der Waals surface area contributed by atoms with Crippen LogP contribution in [0.1, 0.15) is 11.1 Å². The normalized spacial score (nSPS) is 13.4. The van der Waals surface area contributed by atoms with Crippen LogP contribution >= 0.6 is 0 Å². The first-order chi connectivity index (χ1) is 11.2. The molecule has 122 valence electrons. The first-order valence-electron chi connectivity index (χ1n) is 7.44. The maximum absolute atomic E-state index is 11.5. The van der Waals surface area contributed by atoms with Gasteiger partial charge in [0.05, 0.1) is 13.2 Å². The fourth-order valence-corrected chi connectivity index (χ4v) is 2.15. The second kappa shape index (κ2) is 9.05. The van der Waals surface area contributed by atoms with Gasteiger partial charge in [-0.05, 0) is 11.1 Å². The van der Waals surface area contributed by atoms with Crippen molar-refractivity contribution < 1.29 is 19.4 Å². The van der Waals surface area contributed by atoms with Gasteiger partial charge in [-0.15, -0.1) is 0 Å². The molecule has 0 heterocycles. The van der Waals surface area contributed by atoms with Gasteiger partial charge in [-0.1, -0.05) is 60.7 Å². The largest absolute Gasteiger partial charge is 0.479 e. The van der Waals surface area contributed by atoms with E-state index in [2.05, 4.69) is 0 Å². The summed E-state index contributed by atoms with van der Waals surface area (Å²) in [6, 6.07) is 18.9. The van der Waals surface area contributed by atoms with E-state index in [1.165, 1.54) is 0 Å². The maximum Gasteiger partial charge on any atom is 0.335 e. The Balaban J connectivity index is 1.94. The summed E-state index contributed by atoms with van der Waals surface area (Å²) in [5, 5.41) is 9.39. The van der Waals surface area contributed by atoms with Crippen LogP contribution in [0.4, 0.5) is 0 Å². The number of carboxylic acids is 1. The predicted molar refractivity (Wildman–Crippen MR) is 86.7 cm³/mol. The molecule has 2 unspecified atom stereocenters. The Bertz CT molecular complexity index is 588. The molecule has 2 atom stereocenters. The number of carboxylic acid groups (broad SMARTS) is 1. The number of nitrogens with two attached hydrogens (primary N) is 1. The van der Waals surface area contributed by atoms with E-state index in [1.54, 1.807) is 0 Å². The van der Waals surface area contributed by atoms with Gasteiger partial charge in [0, 0.05) is 6.54 Å². The van der Waals surface area contributed by atoms with Gasteiger partial charge in [0.1, 0.15) is 6.10 Å². The standard InChI is InChI=1S/C18H21NO4/c19-11-16(22-12-14-7-3-1-4-8-14)17(18(20)21)23-13-15-9-5-2-6-10-15/h1-10,16-17H,11-13,19H2,(H,20,21). The summed E-state index contributed by atoms with van der Waals surface area (Å²) in [5.41, 5.74) is 7.53. The molecule has 2 aromatic rings. The molecule has 0 fully saturated rings. The van der Waals surface area contributed by atoms with Crippen molar-refractivity contribution in [2.24, 2.45) is 5.73 Å². The van der Waals surface area contributed by atoms with E-state index >= 15 is 0 Å². The topological polar surface area (TPSA) is 81.8 Å². The van der Waals surface area contributed by atoms with Gasteiger partial charge in [-0.25, -0.2) is 4.79 Å². The third-order valence-corrected chi connectivity index (χ3v) is 3.39. The summed E-state index contributed by atoms with van der Waals surface area (Å²) in [7, 11) is 0. The van der Waals surface area contributed by atoms with Gasteiger partial charge in [-0.3, -0.25) is 0 Å². The average Bonchev–Trinajstić information content (AvgIpc) is 2.59. The minimum atomic E-state index is -1.11. The molecule has 0 saturated heterocycles. The van der Waals surface area contributed by atoms with Gasteiger partial charge in [0.2, 0.25) is 0 Å². The molecule has 3 N–H and O–H groups in total. The number of carbonyl (C=O) groups is 1. The molecule has 2 aromatic carbocycles. The van der Waals surface area contributed by atoms with E-state index in [0.29, 0.717) is 6.61 Å². The zero-order chi connectivity index (χ0) is 16.5. The van der Waals surface area contributed by atoms with E-state index in [4.69, 9.17) is 15.2 Å². The maximum atomic E-state index is 11.5. The van der Waals surface area contributed by atoms with Crippen molar-refractivity contribution in [2.75, 3.05) is 6.54 Å². The third kappa shape index (κ3) is 5.49. The van der Waals surface area contributed by atoms with Gasteiger partial charge in [0.25, 0.3) is 0 Å². The monoisotopic (exact) mass is 315 g/mol. The Kier molecular flexibility index (Phi) is 6.75. The molecule has 0 saturated carbocycles. The summed E-state index contributed by atoms with van der Waals surface area (Å²) in [4.78, 5) is 11.5. The van der Waals surface area contributed by atoms with Crippen LogP contribution in [-0.2, 0) is 27.5 Å². The predicted octanol–water partition coefficient (Wildman–Crippen LogP) is 2.20. The lowest BCUT2D eigenvalue weighted by molar-refractivity contribution is -0.163. The van der Waals surface area contributed by atoms with Crippen LogP contribution in [0, 0.1) is 0 Å². The second-order valence-corrected chi connectivity index (χ2v) is 5.13. The van der Waals surface area contributed by atoms with Gasteiger partial charge >= 0.3 is 5.97 Å². The number of hydrogen-bond donors (Lipinski definition) is 2. The summed E-state index contributed by atoms with van der Waals surface area (Å²) >= 11 is 0. The van der Waals surface area contributed by atoms with Gasteiger partial charge in [0.15, 0.2) is 6.10 Å².